The summed E-state index contributed by atoms with van der Waals surface area (Å²) in [5.41, 5.74) is 1.39. The molecule has 0 spiro atoms. The van der Waals surface area contributed by atoms with Crippen molar-refractivity contribution in [3.63, 3.8) is 0 Å². The predicted octanol–water partition coefficient (Wildman–Crippen LogP) is 1.79. The van der Waals surface area contributed by atoms with Crippen LogP contribution in [0.5, 0.6) is 0 Å². The van der Waals surface area contributed by atoms with Crippen molar-refractivity contribution in [2.45, 2.75) is 32.9 Å². The second kappa shape index (κ2) is 7.32. The van der Waals surface area contributed by atoms with E-state index in [9.17, 15) is 14.9 Å². The van der Waals surface area contributed by atoms with Crippen LogP contribution in [-0.4, -0.2) is 42.7 Å². The molecule has 146 valence electrons. The second-order valence-electron chi connectivity index (χ2n) is 7.37. The molecular formula is C19H22N6O3. The molecule has 9 nitrogen and oxygen atoms in total. The largest absolute Gasteiger partial charge is 0.349 e. The molecule has 3 heterocycles. The summed E-state index contributed by atoms with van der Waals surface area (Å²) in [6, 6.07) is 5.90. The molecule has 28 heavy (non-hydrogen) atoms. The van der Waals surface area contributed by atoms with Crippen LogP contribution in [0.1, 0.15) is 26.3 Å². The number of nitrogens with zero attached hydrogens (tertiary/aromatic N) is 5. The van der Waals surface area contributed by atoms with E-state index in [2.05, 4.69) is 16.0 Å². The zero-order valence-electron chi connectivity index (χ0n) is 16.3. The van der Waals surface area contributed by atoms with E-state index in [1.165, 1.54) is 11.4 Å². The lowest BCUT2D eigenvalue weighted by atomic mass is 10.2. The highest BCUT2D eigenvalue weighted by Gasteiger charge is 2.24. The zero-order valence-corrected chi connectivity index (χ0v) is 16.3. The van der Waals surface area contributed by atoms with Crippen molar-refractivity contribution >= 4 is 17.4 Å². The molecule has 0 atom stereocenters. The Labute approximate surface area is 161 Å². The maximum Gasteiger partial charge on any atom is 0.275 e. The summed E-state index contributed by atoms with van der Waals surface area (Å²) in [5, 5.41) is 11.0. The normalized spacial score (nSPS) is 11.5. The molecule has 0 bridgehead atoms. The lowest BCUT2D eigenvalue weighted by molar-refractivity contribution is -0.216. The first-order chi connectivity index (χ1) is 13.3. The van der Waals surface area contributed by atoms with Crippen LogP contribution in [0.4, 0.5) is 0 Å². The number of aromatic nitrogens is 4. The number of nitriles is 1. The van der Waals surface area contributed by atoms with Crippen molar-refractivity contribution in [2.24, 2.45) is 7.05 Å². The first kappa shape index (κ1) is 19.4. The quantitative estimate of drug-likeness (QED) is 0.516. The van der Waals surface area contributed by atoms with Crippen LogP contribution in [0, 0.1) is 11.3 Å². The molecule has 3 aromatic heterocycles. The average molecular weight is 382 g/mol. The van der Waals surface area contributed by atoms with Gasteiger partial charge in [-0.05, 0) is 32.9 Å². The molecule has 0 aliphatic heterocycles. The van der Waals surface area contributed by atoms with Crippen molar-refractivity contribution in [2.75, 3.05) is 6.54 Å². The molecule has 9 heteroatoms. The fourth-order valence-corrected chi connectivity index (χ4v) is 3.16. The van der Waals surface area contributed by atoms with E-state index in [0.717, 1.165) is 5.69 Å². The molecule has 0 fully saturated rings. The number of carbonyl (C=O) groups excluding carboxylic acids is 1. The van der Waals surface area contributed by atoms with Gasteiger partial charge in [0.15, 0.2) is 0 Å². The Balaban J connectivity index is 2.15. The Morgan fingerprint density at radius 3 is 2.75 bits per heavy atom. The van der Waals surface area contributed by atoms with E-state index < -0.39 is 5.60 Å². The van der Waals surface area contributed by atoms with Gasteiger partial charge in [-0.15, -0.1) is 0 Å². The number of fused-ring (bicyclic) bond motifs is 1. The standard InChI is InChI=1S/C19H22N6O3/c1-19(2,3)28-24(12-26)8-9-25-16(14-6-5-7-23(14)4)13(10-20)15-17(25)18(27)22-11-21-15/h5-7,11-12H,8-9H2,1-4H3,(H,21,22,27). The lowest BCUT2D eigenvalue weighted by Crippen LogP contribution is -2.35. The monoisotopic (exact) mass is 382 g/mol. The molecule has 0 aromatic carbocycles. The van der Waals surface area contributed by atoms with Crippen LogP contribution in [0.15, 0.2) is 29.5 Å². The number of hydrogen-bond acceptors (Lipinski definition) is 5. The summed E-state index contributed by atoms with van der Waals surface area (Å²) in [5.74, 6) is 0. The summed E-state index contributed by atoms with van der Waals surface area (Å²) in [6.45, 7) is 5.97. The molecule has 3 rings (SSSR count). The van der Waals surface area contributed by atoms with Gasteiger partial charge in [-0.2, -0.15) is 5.26 Å². The fraction of sp³-hybridized carbons (Fsp3) is 0.368. The average Bonchev–Trinajstić information content (AvgIpc) is 3.18. The topological polar surface area (TPSA) is 109 Å². The number of hydrogen-bond donors (Lipinski definition) is 1. The third-order valence-electron chi connectivity index (χ3n) is 4.19. The van der Waals surface area contributed by atoms with Crippen molar-refractivity contribution in [3.05, 3.63) is 40.6 Å². The SMILES string of the molecule is Cn1cccc1-c1c(C#N)c2nc[nH]c(=O)c2n1CCN(C=O)OC(C)(C)C. The van der Waals surface area contributed by atoms with Gasteiger partial charge in [0.2, 0.25) is 6.41 Å². The van der Waals surface area contributed by atoms with Gasteiger partial charge in [0.05, 0.1) is 29.9 Å². The summed E-state index contributed by atoms with van der Waals surface area (Å²) in [7, 11) is 1.86. The van der Waals surface area contributed by atoms with Crippen LogP contribution in [-0.2, 0) is 23.2 Å². The van der Waals surface area contributed by atoms with E-state index in [1.54, 1.807) is 4.57 Å². The molecular weight excluding hydrogens is 360 g/mol. The highest BCUT2D eigenvalue weighted by Crippen LogP contribution is 2.31. The first-order valence-corrected chi connectivity index (χ1v) is 8.79. The van der Waals surface area contributed by atoms with Gasteiger partial charge in [0.1, 0.15) is 22.7 Å². The summed E-state index contributed by atoms with van der Waals surface area (Å²) >= 11 is 0. The number of nitrogens with one attached hydrogen (secondary N) is 1. The molecule has 0 saturated carbocycles. The van der Waals surface area contributed by atoms with E-state index >= 15 is 0 Å². The fourth-order valence-electron chi connectivity index (χ4n) is 3.16. The maximum atomic E-state index is 12.5. The zero-order chi connectivity index (χ0) is 20.5. The Hall–Kier alpha value is -3.38. The molecule has 0 unspecified atom stereocenters. The third kappa shape index (κ3) is 3.54. The molecule has 1 N–H and O–H groups in total. The van der Waals surface area contributed by atoms with Gasteiger partial charge in [0.25, 0.3) is 5.56 Å². The lowest BCUT2D eigenvalue weighted by Gasteiger charge is -2.27. The number of aryl methyl sites for hydroxylation is 1. The second-order valence-corrected chi connectivity index (χ2v) is 7.37. The Kier molecular flexibility index (Phi) is 5.07. The summed E-state index contributed by atoms with van der Waals surface area (Å²) in [4.78, 5) is 36.3. The van der Waals surface area contributed by atoms with E-state index in [1.807, 2.05) is 50.7 Å². The third-order valence-corrected chi connectivity index (χ3v) is 4.19. The van der Waals surface area contributed by atoms with Gasteiger partial charge in [-0.1, -0.05) is 0 Å². The van der Waals surface area contributed by atoms with Gasteiger partial charge >= 0.3 is 0 Å². The van der Waals surface area contributed by atoms with E-state index in [0.29, 0.717) is 23.2 Å². The van der Waals surface area contributed by atoms with E-state index in [4.69, 9.17) is 4.84 Å². The van der Waals surface area contributed by atoms with Crippen LogP contribution in [0.2, 0.25) is 0 Å². The van der Waals surface area contributed by atoms with Gasteiger partial charge in [-0.25, -0.2) is 10.0 Å². The minimum atomic E-state index is -0.544. The van der Waals surface area contributed by atoms with Crippen molar-refractivity contribution in [1.82, 2.24) is 24.2 Å². The van der Waals surface area contributed by atoms with Crippen LogP contribution in [0.25, 0.3) is 22.4 Å². The maximum absolute atomic E-state index is 12.5. The Bertz CT molecular complexity index is 1110. The smallest absolute Gasteiger partial charge is 0.275 e. The first-order valence-electron chi connectivity index (χ1n) is 8.79. The molecule has 0 aliphatic rings. The summed E-state index contributed by atoms with van der Waals surface area (Å²) in [6.07, 6.45) is 3.74. The van der Waals surface area contributed by atoms with Crippen LogP contribution in [0.3, 0.4) is 0 Å². The number of carbonyl (C=O) groups is 1. The van der Waals surface area contributed by atoms with E-state index in [-0.39, 0.29) is 24.2 Å². The molecule has 1 amide bonds. The highest BCUT2D eigenvalue weighted by molar-refractivity contribution is 5.90. The number of H-pyrrole nitrogens is 1. The van der Waals surface area contributed by atoms with Crippen molar-refractivity contribution < 1.29 is 9.63 Å². The minimum absolute atomic E-state index is 0.196. The molecule has 3 aromatic rings. The van der Waals surface area contributed by atoms with Gasteiger partial charge < -0.3 is 14.1 Å². The number of hydroxylamine groups is 2. The van der Waals surface area contributed by atoms with Crippen molar-refractivity contribution in [3.8, 4) is 17.5 Å². The Morgan fingerprint density at radius 1 is 1.43 bits per heavy atom. The number of rotatable bonds is 6. The molecule has 0 aliphatic carbocycles. The van der Waals surface area contributed by atoms with Crippen LogP contribution < -0.4 is 5.56 Å². The predicted molar refractivity (Wildman–Crippen MR) is 103 cm³/mol. The summed E-state index contributed by atoms with van der Waals surface area (Å²) < 4.78 is 3.58. The van der Waals surface area contributed by atoms with Gasteiger partial charge in [-0.3, -0.25) is 14.4 Å². The minimum Gasteiger partial charge on any atom is -0.349 e. The highest BCUT2D eigenvalue weighted by atomic mass is 16.7. The number of amides is 1. The van der Waals surface area contributed by atoms with Crippen molar-refractivity contribution in [1.29, 1.82) is 5.26 Å². The molecule has 0 radical (unpaired) electrons. The molecule has 0 saturated heterocycles. The number of aromatic amines is 1. The van der Waals surface area contributed by atoms with Gasteiger partial charge in [0, 0.05) is 19.8 Å². The van der Waals surface area contributed by atoms with Crippen LogP contribution >= 0.6 is 0 Å². The Morgan fingerprint density at radius 2 is 2.18 bits per heavy atom.